The molecule has 1 heterocycles. The van der Waals surface area contributed by atoms with Crippen molar-refractivity contribution in [1.82, 2.24) is 9.97 Å². The molecule has 158 valence electrons. The second-order valence-electron chi connectivity index (χ2n) is 7.73. The number of carbonyl (C=O) groups excluding carboxylic acids is 1. The number of nitrogens with one attached hydrogen (secondary N) is 1. The van der Waals surface area contributed by atoms with Crippen LogP contribution in [0, 0.1) is 5.92 Å². The highest BCUT2D eigenvalue weighted by atomic mass is 16.5. The quantitative estimate of drug-likeness (QED) is 0.514. The molecule has 4 rings (SSSR count). The second kappa shape index (κ2) is 9.43. The van der Waals surface area contributed by atoms with Crippen molar-refractivity contribution in [2.75, 3.05) is 11.1 Å². The van der Waals surface area contributed by atoms with Gasteiger partial charge in [0.05, 0.1) is 5.56 Å². The van der Waals surface area contributed by atoms with Crippen LogP contribution in [0.2, 0.25) is 0 Å². The molecule has 0 radical (unpaired) electrons. The van der Waals surface area contributed by atoms with Crippen LogP contribution in [0.1, 0.15) is 25.7 Å². The number of aromatic nitrogens is 2. The Balaban J connectivity index is 1.54. The van der Waals surface area contributed by atoms with Gasteiger partial charge in [0.25, 0.3) is 0 Å². The summed E-state index contributed by atoms with van der Waals surface area (Å²) in [6.07, 6.45) is 6.53. The minimum atomic E-state index is 0.0146. The van der Waals surface area contributed by atoms with Gasteiger partial charge in [0.1, 0.15) is 29.5 Å². The molecule has 31 heavy (non-hydrogen) atoms. The van der Waals surface area contributed by atoms with E-state index in [-0.39, 0.29) is 17.7 Å². The van der Waals surface area contributed by atoms with Crippen molar-refractivity contribution >= 4 is 17.4 Å². The Labute approximate surface area is 182 Å². The van der Waals surface area contributed by atoms with E-state index in [0.717, 1.165) is 48.3 Å². The lowest BCUT2D eigenvalue weighted by molar-refractivity contribution is -0.119. The number of nitrogens with two attached hydrogens (primary N) is 1. The van der Waals surface area contributed by atoms with Crippen LogP contribution in [0.25, 0.3) is 11.1 Å². The first-order valence-electron chi connectivity index (χ1n) is 10.5. The molecule has 1 fully saturated rings. The molecule has 0 spiro atoms. The van der Waals surface area contributed by atoms with E-state index in [1.807, 2.05) is 54.6 Å². The molecular formula is C25H26N4O2. The summed E-state index contributed by atoms with van der Waals surface area (Å²) >= 11 is 0. The largest absolute Gasteiger partial charge is 0.457 e. The average molecular weight is 415 g/mol. The fourth-order valence-corrected chi connectivity index (χ4v) is 4.05. The Morgan fingerprint density at radius 1 is 1.06 bits per heavy atom. The predicted molar refractivity (Wildman–Crippen MR) is 123 cm³/mol. The van der Waals surface area contributed by atoms with E-state index in [1.165, 1.54) is 12.4 Å². The molecule has 0 bridgehead atoms. The Kier molecular flexibility index (Phi) is 6.26. The van der Waals surface area contributed by atoms with Gasteiger partial charge in [0.15, 0.2) is 5.78 Å². The third-order valence-corrected chi connectivity index (χ3v) is 5.62. The number of rotatable bonds is 7. The number of anilines is 2. The summed E-state index contributed by atoms with van der Waals surface area (Å²) in [7, 11) is 0. The number of allylic oxidation sites excluding steroid dienone is 1. The summed E-state index contributed by atoms with van der Waals surface area (Å²) < 4.78 is 5.88. The molecule has 6 heteroatoms. The minimum Gasteiger partial charge on any atom is -0.457 e. The summed E-state index contributed by atoms with van der Waals surface area (Å²) in [5, 5.41) is 3.50. The maximum atomic E-state index is 12.1. The van der Waals surface area contributed by atoms with E-state index >= 15 is 0 Å². The molecule has 0 aliphatic heterocycles. The lowest BCUT2D eigenvalue weighted by Crippen LogP contribution is -2.31. The second-order valence-corrected chi connectivity index (χ2v) is 7.73. The molecule has 3 N–H and O–H groups in total. The van der Waals surface area contributed by atoms with Gasteiger partial charge in [-0.1, -0.05) is 43.3 Å². The fraction of sp³-hybridized carbons (Fsp3) is 0.240. The number of hydrogen-bond donors (Lipinski definition) is 2. The molecule has 1 aromatic heterocycles. The molecule has 6 nitrogen and oxygen atoms in total. The van der Waals surface area contributed by atoms with Gasteiger partial charge >= 0.3 is 0 Å². The SMILES string of the molecule is C=CC(=O)C1CCCC(Nc2ncnc(N)c2-c2ccc(Oc3ccccc3)cc2)C1. The van der Waals surface area contributed by atoms with Crippen molar-refractivity contribution < 1.29 is 9.53 Å². The molecule has 2 unspecified atom stereocenters. The monoisotopic (exact) mass is 414 g/mol. The normalized spacial score (nSPS) is 18.2. The van der Waals surface area contributed by atoms with Crippen LogP contribution in [0.4, 0.5) is 11.6 Å². The number of nitrogens with zero attached hydrogens (tertiary/aromatic N) is 2. The highest BCUT2D eigenvalue weighted by molar-refractivity contribution is 5.91. The van der Waals surface area contributed by atoms with Gasteiger partial charge in [-0.25, -0.2) is 9.97 Å². The van der Waals surface area contributed by atoms with Gasteiger partial charge in [-0.3, -0.25) is 4.79 Å². The van der Waals surface area contributed by atoms with Crippen LogP contribution >= 0.6 is 0 Å². The van der Waals surface area contributed by atoms with Crippen LogP contribution in [0.3, 0.4) is 0 Å². The van der Waals surface area contributed by atoms with Crippen LogP contribution in [-0.4, -0.2) is 21.8 Å². The van der Waals surface area contributed by atoms with E-state index < -0.39 is 0 Å². The van der Waals surface area contributed by atoms with E-state index in [9.17, 15) is 4.79 Å². The third kappa shape index (κ3) is 4.91. The van der Waals surface area contributed by atoms with Crippen molar-refractivity contribution in [2.24, 2.45) is 5.92 Å². The number of para-hydroxylation sites is 1. The fourth-order valence-electron chi connectivity index (χ4n) is 4.05. The maximum Gasteiger partial charge on any atom is 0.158 e. The molecular weight excluding hydrogens is 388 g/mol. The van der Waals surface area contributed by atoms with E-state index in [1.54, 1.807) is 0 Å². The summed E-state index contributed by atoms with van der Waals surface area (Å²) in [4.78, 5) is 20.7. The third-order valence-electron chi connectivity index (χ3n) is 5.62. The van der Waals surface area contributed by atoms with Crippen LogP contribution in [0.5, 0.6) is 11.5 Å². The number of carbonyl (C=O) groups is 1. The average Bonchev–Trinajstić information content (AvgIpc) is 2.80. The van der Waals surface area contributed by atoms with Gasteiger partial charge < -0.3 is 15.8 Å². The van der Waals surface area contributed by atoms with Gasteiger partial charge in [0.2, 0.25) is 0 Å². The van der Waals surface area contributed by atoms with Crippen molar-refractivity contribution in [3.8, 4) is 22.6 Å². The van der Waals surface area contributed by atoms with Gasteiger partial charge in [-0.05, 0) is 55.2 Å². The molecule has 0 amide bonds. The van der Waals surface area contributed by atoms with Gasteiger partial charge in [0, 0.05) is 12.0 Å². The Morgan fingerprint density at radius 2 is 1.81 bits per heavy atom. The van der Waals surface area contributed by atoms with Crippen LogP contribution < -0.4 is 15.8 Å². The smallest absolute Gasteiger partial charge is 0.158 e. The zero-order chi connectivity index (χ0) is 21.6. The molecule has 1 aliphatic rings. The first-order valence-corrected chi connectivity index (χ1v) is 10.5. The summed E-state index contributed by atoms with van der Waals surface area (Å²) in [5.74, 6) is 2.73. The van der Waals surface area contributed by atoms with E-state index in [0.29, 0.717) is 11.6 Å². The van der Waals surface area contributed by atoms with Gasteiger partial charge in [-0.15, -0.1) is 0 Å². The minimum absolute atomic E-state index is 0.0146. The first kappa shape index (κ1) is 20.6. The standard InChI is InChI=1S/C25H26N4O2/c1-2-22(30)18-7-6-8-19(15-18)29-25-23(24(26)27-16-28-25)17-11-13-21(14-12-17)31-20-9-4-3-5-10-20/h2-5,9-14,16,18-19H,1,6-8,15H2,(H3,26,27,28,29). The molecule has 0 saturated heterocycles. The lowest BCUT2D eigenvalue weighted by Gasteiger charge is -2.29. The maximum absolute atomic E-state index is 12.1. The Morgan fingerprint density at radius 3 is 2.55 bits per heavy atom. The zero-order valence-corrected chi connectivity index (χ0v) is 17.3. The van der Waals surface area contributed by atoms with Crippen molar-refractivity contribution in [1.29, 1.82) is 0 Å². The highest BCUT2D eigenvalue weighted by Crippen LogP contribution is 2.35. The number of nitrogen functional groups attached to an aromatic ring is 1. The molecule has 3 aromatic rings. The van der Waals surface area contributed by atoms with E-state index in [2.05, 4.69) is 21.9 Å². The van der Waals surface area contributed by atoms with Crippen LogP contribution in [0.15, 0.2) is 73.6 Å². The first-order chi connectivity index (χ1) is 15.1. The Hall–Kier alpha value is -3.67. The summed E-state index contributed by atoms with van der Waals surface area (Å²) in [6.45, 7) is 3.63. The summed E-state index contributed by atoms with van der Waals surface area (Å²) in [6, 6.07) is 17.5. The van der Waals surface area contributed by atoms with Crippen molar-refractivity contribution in [2.45, 2.75) is 31.7 Å². The van der Waals surface area contributed by atoms with E-state index in [4.69, 9.17) is 10.5 Å². The predicted octanol–water partition coefficient (Wildman–Crippen LogP) is 5.24. The zero-order valence-electron chi connectivity index (χ0n) is 17.3. The number of ether oxygens (including phenoxy) is 1. The summed E-state index contributed by atoms with van der Waals surface area (Å²) in [5.41, 5.74) is 7.88. The number of benzene rings is 2. The van der Waals surface area contributed by atoms with Crippen molar-refractivity contribution in [3.63, 3.8) is 0 Å². The highest BCUT2D eigenvalue weighted by Gasteiger charge is 2.26. The molecule has 2 atom stereocenters. The molecule has 1 aliphatic carbocycles. The lowest BCUT2D eigenvalue weighted by atomic mass is 9.83. The topological polar surface area (TPSA) is 90.1 Å². The van der Waals surface area contributed by atoms with Crippen LogP contribution in [-0.2, 0) is 4.79 Å². The molecule has 2 aromatic carbocycles. The number of hydrogen-bond acceptors (Lipinski definition) is 6. The van der Waals surface area contributed by atoms with Gasteiger partial charge in [-0.2, -0.15) is 0 Å². The Bertz CT molecular complexity index is 1050. The van der Waals surface area contributed by atoms with Crippen molar-refractivity contribution in [3.05, 3.63) is 73.6 Å². The molecule has 1 saturated carbocycles. The number of ketones is 1.